The molecule has 21 heavy (non-hydrogen) atoms. The Hall–Kier alpha value is -1.14. The zero-order valence-electron chi connectivity index (χ0n) is 13.2. The van der Waals surface area contributed by atoms with Gasteiger partial charge in [0.25, 0.3) is 0 Å². The van der Waals surface area contributed by atoms with Crippen LogP contribution in [0.3, 0.4) is 0 Å². The van der Waals surface area contributed by atoms with Crippen LogP contribution in [0.15, 0.2) is 16.9 Å². The van der Waals surface area contributed by atoms with Crippen molar-refractivity contribution in [2.75, 3.05) is 6.54 Å². The molecule has 1 atom stereocenters. The van der Waals surface area contributed by atoms with Crippen LogP contribution in [-0.4, -0.2) is 26.1 Å². The number of hydrogen-bond donors (Lipinski definition) is 1. The van der Waals surface area contributed by atoms with Crippen LogP contribution in [0.2, 0.25) is 0 Å². The first-order valence-corrected chi connectivity index (χ1v) is 8.28. The first-order valence-electron chi connectivity index (χ1n) is 7.48. The monoisotopic (exact) mass is 353 g/mol. The molecule has 1 N–H and O–H groups in total. The molecule has 2 rings (SSSR count). The third-order valence-corrected chi connectivity index (χ3v) is 4.58. The van der Waals surface area contributed by atoms with E-state index < -0.39 is 0 Å². The van der Waals surface area contributed by atoms with Gasteiger partial charge in [-0.25, -0.2) is 0 Å². The van der Waals surface area contributed by atoms with Crippen LogP contribution in [0, 0.1) is 0 Å². The average Bonchev–Trinajstić information content (AvgIpc) is 3.00. The minimum atomic E-state index is 0.259. The second-order valence-electron chi connectivity index (χ2n) is 5.34. The van der Waals surface area contributed by atoms with Crippen LogP contribution in [0.1, 0.15) is 43.3 Å². The Morgan fingerprint density at radius 2 is 2.10 bits per heavy atom. The lowest BCUT2D eigenvalue weighted by Crippen LogP contribution is -2.24. The van der Waals surface area contributed by atoms with Gasteiger partial charge in [-0.3, -0.25) is 9.36 Å². The van der Waals surface area contributed by atoms with E-state index in [4.69, 9.17) is 0 Å². The Balaban J connectivity index is 2.24. The molecule has 116 valence electrons. The van der Waals surface area contributed by atoms with Gasteiger partial charge in [-0.1, -0.05) is 13.8 Å². The Bertz CT molecular complexity index is 587. The molecule has 0 saturated heterocycles. The second kappa shape index (κ2) is 7.22. The van der Waals surface area contributed by atoms with Crippen molar-refractivity contribution in [2.24, 2.45) is 14.1 Å². The molecule has 0 aliphatic carbocycles. The summed E-state index contributed by atoms with van der Waals surface area (Å²) < 4.78 is 4.98. The van der Waals surface area contributed by atoms with Crippen LogP contribution in [0.5, 0.6) is 0 Å². The molecule has 0 radical (unpaired) electrons. The molecule has 0 amide bonds. The molecule has 2 heterocycles. The van der Waals surface area contributed by atoms with Crippen molar-refractivity contribution in [3.8, 4) is 0 Å². The number of nitrogens with one attached hydrogen (secondary N) is 1. The van der Waals surface area contributed by atoms with Gasteiger partial charge in [0.05, 0.1) is 22.1 Å². The first kappa shape index (κ1) is 16.2. The molecule has 0 fully saturated rings. The van der Waals surface area contributed by atoms with Crippen LogP contribution < -0.4 is 5.32 Å². The fourth-order valence-corrected chi connectivity index (χ4v) is 3.26. The maximum atomic E-state index is 4.58. The molecular weight excluding hydrogens is 330 g/mol. The molecule has 2 aromatic heterocycles. The highest BCUT2D eigenvalue weighted by atomic mass is 79.9. The Labute approximate surface area is 134 Å². The quantitative estimate of drug-likeness (QED) is 0.832. The molecule has 0 bridgehead atoms. The molecule has 5 nitrogen and oxygen atoms in total. The Morgan fingerprint density at radius 1 is 1.33 bits per heavy atom. The number of nitrogens with zero attached hydrogens (tertiary/aromatic N) is 4. The van der Waals surface area contributed by atoms with Crippen molar-refractivity contribution in [3.05, 3.63) is 33.8 Å². The molecule has 1 unspecified atom stereocenters. The highest BCUT2D eigenvalue weighted by Crippen LogP contribution is 2.26. The van der Waals surface area contributed by atoms with E-state index in [1.54, 1.807) is 0 Å². The lowest BCUT2D eigenvalue weighted by molar-refractivity contribution is 0.511. The highest BCUT2D eigenvalue weighted by molar-refractivity contribution is 9.10. The number of aromatic nitrogens is 4. The summed E-state index contributed by atoms with van der Waals surface area (Å²) in [5.74, 6) is 0. The van der Waals surface area contributed by atoms with Crippen molar-refractivity contribution in [1.82, 2.24) is 24.9 Å². The summed E-state index contributed by atoms with van der Waals surface area (Å²) in [4.78, 5) is 0. The third-order valence-electron chi connectivity index (χ3n) is 3.67. The van der Waals surface area contributed by atoms with Crippen molar-refractivity contribution in [3.63, 3.8) is 0 Å². The summed E-state index contributed by atoms with van der Waals surface area (Å²) in [5.41, 5.74) is 3.56. The predicted octanol–water partition coefficient (Wildman–Crippen LogP) is 2.76. The topological polar surface area (TPSA) is 47.7 Å². The summed E-state index contributed by atoms with van der Waals surface area (Å²) in [6.07, 6.45) is 6.98. The van der Waals surface area contributed by atoms with Crippen molar-refractivity contribution < 1.29 is 0 Å². The molecule has 6 heteroatoms. The van der Waals surface area contributed by atoms with Gasteiger partial charge in [0.15, 0.2) is 0 Å². The van der Waals surface area contributed by atoms with Gasteiger partial charge < -0.3 is 5.32 Å². The molecular formula is C15H24BrN5. The van der Waals surface area contributed by atoms with Gasteiger partial charge in [-0.2, -0.15) is 10.2 Å². The fourth-order valence-electron chi connectivity index (χ4n) is 2.48. The van der Waals surface area contributed by atoms with E-state index in [0.717, 1.165) is 36.0 Å². The van der Waals surface area contributed by atoms with E-state index in [-0.39, 0.29) is 6.04 Å². The second-order valence-corrected chi connectivity index (χ2v) is 6.14. The zero-order valence-corrected chi connectivity index (χ0v) is 14.8. The summed E-state index contributed by atoms with van der Waals surface area (Å²) in [6.45, 7) is 5.31. The van der Waals surface area contributed by atoms with Gasteiger partial charge in [-0.15, -0.1) is 0 Å². The largest absolute Gasteiger partial charge is 0.310 e. The van der Waals surface area contributed by atoms with E-state index in [2.05, 4.69) is 51.5 Å². The molecule has 0 spiro atoms. The van der Waals surface area contributed by atoms with Crippen molar-refractivity contribution >= 4 is 15.9 Å². The molecule has 0 saturated carbocycles. The molecule has 2 aromatic rings. The Kier molecular flexibility index (Phi) is 5.58. The maximum Gasteiger partial charge on any atom is 0.0766 e. The molecule has 0 aliphatic rings. The summed E-state index contributed by atoms with van der Waals surface area (Å²) in [6, 6.07) is 0.259. The van der Waals surface area contributed by atoms with E-state index in [1.165, 1.54) is 11.3 Å². The smallest absolute Gasteiger partial charge is 0.0766 e. The van der Waals surface area contributed by atoms with Crippen molar-refractivity contribution in [2.45, 2.75) is 39.2 Å². The zero-order chi connectivity index (χ0) is 15.4. The lowest BCUT2D eigenvalue weighted by Gasteiger charge is -2.17. The maximum absolute atomic E-state index is 4.58. The Morgan fingerprint density at radius 3 is 2.62 bits per heavy atom. The van der Waals surface area contributed by atoms with Gasteiger partial charge in [0.1, 0.15) is 0 Å². The van der Waals surface area contributed by atoms with E-state index >= 15 is 0 Å². The van der Waals surface area contributed by atoms with Gasteiger partial charge in [0, 0.05) is 38.3 Å². The van der Waals surface area contributed by atoms with Crippen molar-refractivity contribution in [1.29, 1.82) is 0 Å². The van der Waals surface area contributed by atoms with Gasteiger partial charge >= 0.3 is 0 Å². The van der Waals surface area contributed by atoms with E-state index in [0.29, 0.717) is 0 Å². The molecule has 0 aromatic carbocycles. The summed E-state index contributed by atoms with van der Waals surface area (Å²) in [5, 5.41) is 12.5. The summed E-state index contributed by atoms with van der Waals surface area (Å²) in [7, 11) is 3.97. The van der Waals surface area contributed by atoms with Gasteiger partial charge in [-0.05, 0) is 35.3 Å². The third kappa shape index (κ3) is 3.74. The van der Waals surface area contributed by atoms with Crippen LogP contribution in [-0.2, 0) is 26.9 Å². The number of halogens is 1. The number of hydrogen-bond acceptors (Lipinski definition) is 3. The SMILES string of the molecule is CCCNC(Cc1c(Br)c(CC)nn1C)c1cnn(C)c1. The van der Waals surface area contributed by atoms with E-state index in [9.17, 15) is 0 Å². The first-order chi connectivity index (χ1) is 10.1. The normalized spacial score (nSPS) is 12.8. The standard InChI is InChI=1S/C15H24BrN5/c1-5-7-17-13(11-9-18-20(3)10-11)8-14-15(16)12(6-2)19-21(14)4/h9-10,13,17H,5-8H2,1-4H3. The predicted molar refractivity (Wildman–Crippen MR) is 88.2 cm³/mol. The molecule has 0 aliphatic heterocycles. The average molecular weight is 354 g/mol. The minimum Gasteiger partial charge on any atom is -0.310 e. The van der Waals surface area contributed by atoms with Crippen LogP contribution >= 0.6 is 15.9 Å². The van der Waals surface area contributed by atoms with E-state index in [1.807, 2.05) is 29.7 Å². The van der Waals surface area contributed by atoms with Crippen LogP contribution in [0.25, 0.3) is 0 Å². The number of aryl methyl sites for hydroxylation is 3. The summed E-state index contributed by atoms with van der Waals surface area (Å²) >= 11 is 3.70. The fraction of sp³-hybridized carbons (Fsp3) is 0.600. The lowest BCUT2D eigenvalue weighted by atomic mass is 10.0. The van der Waals surface area contributed by atoms with Gasteiger partial charge in [0.2, 0.25) is 0 Å². The highest BCUT2D eigenvalue weighted by Gasteiger charge is 2.19. The number of rotatable bonds is 7. The van der Waals surface area contributed by atoms with Crippen LogP contribution in [0.4, 0.5) is 0 Å². The minimum absolute atomic E-state index is 0.259.